The van der Waals surface area contributed by atoms with E-state index in [0.29, 0.717) is 16.6 Å². The van der Waals surface area contributed by atoms with E-state index in [2.05, 4.69) is 15.8 Å². The first-order valence-electron chi connectivity index (χ1n) is 4.97. The molecule has 0 aliphatic carbocycles. The lowest BCUT2D eigenvalue weighted by atomic mass is 10.3. The first kappa shape index (κ1) is 13.2. The van der Waals surface area contributed by atoms with E-state index < -0.39 is 0 Å². The topological polar surface area (TPSA) is 54.9 Å². The van der Waals surface area contributed by atoms with Gasteiger partial charge < -0.3 is 14.8 Å². The molecule has 1 aromatic rings. The number of hydrazone groups is 1. The van der Waals surface area contributed by atoms with Crippen molar-refractivity contribution in [2.75, 3.05) is 19.5 Å². The number of nitrogens with zero attached hydrogens (tertiary/aromatic N) is 1. The van der Waals surface area contributed by atoms with Crippen LogP contribution in [0.4, 0.5) is 5.69 Å². The number of benzene rings is 1. The van der Waals surface area contributed by atoms with Crippen LogP contribution in [0, 0.1) is 0 Å². The van der Waals surface area contributed by atoms with Crippen molar-refractivity contribution >= 4 is 29.2 Å². The molecule has 1 rings (SSSR count). The Morgan fingerprint density at radius 1 is 1.24 bits per heavy atom. The third kappa shape index (κ3) is 4.28. The summed E-state index contributed by atoms with van der Waals surface area (Å²) in [4.78, 5) is 0. The Balaban J connectivity index is 2.79. The predicted molar refractivity (Wildman–Crippen MR) is 73.1 cm³/mol. The van der Waals surface area contributed by atoms with E-state index in [1.807, 2.05) is 12.1 Å². The Labute approximate surface area is 106 Å². The summed E-state index contributed by atoms with van der Waals surface area (Å²) in [5.41, 5.74) is 3.43. The van der Waals surface area contributed by atoms with Gasteiger partial charge in [-0.15, -0.1) is 0 Å². The molecule has 0 aliphatic rings. The molecular weight excluding hydrogens is 238 g/mol. The maximum Gasteiger partial charge on any atom is 0.191 e. The number of nitrogens with one attached hydrogen (secondary N) is 2. The van der Waals surface area contributed by atoms with Gasteiger partial charge in [0.25, 0.3) is 0 Å². The maximum atomic E-state index is 5.15. The SMILES string of the molecule is C/C=N/NC(=S)Nc1cc(OC)cc(OC)c1. The Kier molecular flexibility index (Phi) is 5.22. The average molecular weight is 253 g/mol. The summed E-state index contributed by atoms with van der Waals surface area (Å²) in [6.07, 6.45) is 1.61. The van der Waals surface area contributed by atoms with Gasteiger partial charge in [0.1, 0.15) is 11.5 Å². The smallest absolute Gasteiger partial charge is 0.191 e. The number of hydrogen-bond donors (Lipinski definition) is 2. The van der Waals surface area contributed by atoms with Crippen LogP contribution < -0.4 is 20.2 Å². The van der Waals surface area contributed by atoms with E-state index in [1.165, 1.54) is 0 Å². The van der Waals surface area contributed by atoms with E-state index in [-0.39, 0.29) is 0 Å². The highest BCUT2D eigenvalue weighted by Gasteiger charge is 2.02. The van der Waals surface area contributed by atoms with Crippen molar-refractivity contribution in [3.8, 4) is 11.5 Å². The van der Waals surface area contributed by atoms with Crippen LogP contribution >= 0.6 is 12.2 Å². The molecule has 0 aromatic heterocycles. The summed E-state index contributed by atoms with van der Waals surface area (Å²) < 4.78 is 10.3. The molecular formula is C11H15N3O2S. The number of methoxy groups -OCH3 is 2. The van der Waals surface area contributed by atoms with E-state index in [4.69, 9.17) is 21.7 Å². The highest BCUT2D eigenvalue weighted by Crippen LogP contribution is 2.25. The van der Waals surface area contributed by atoms with Crippen molar-refractivity contribution in [2.45, 2.75) is 6.92 Å². The van der Waals surface area contributed by atoms with Gasteiger partial charge in [0.15, 0.2) is 5.11 Å². The third-order valence-corrected chi connectivity index (χ3v) is 2.10. The average Bonchev–Trinajstić information content (AvgIpc) is 2.35. The van der Waals surface area contributed by atoms with Gasteiger partial charge in [0.05, 0.1) is 14.2 Å². The molecule has 0 atom stereocenters. The van der Waals surface area contributed by atoms with Crippen molar-refractivity contribution in [3.05, 3.63) is 18.2 Å². The lowest BCUT2D eigenvalue weighted by Gasteiger charge is -2.10. The Morgan fingerprint density at radius 3 is 2.29 bits per heavy atom. The van der Waals surface area contributed by atoms with Crippen LogP contribution in [-0.4, -0.2) is 25.5 Å². The van der Waals surface area contributed by atoms with E-state index >= 15 is 0 Å². The highest BCUT2D eigenvalue weighted by molar-refractivity contribution is 7.80. The predicted octanol–water partition coefficient (Wildman–Crippen LogP) is 2.00. The van der Waals surface area contributed by atoms with Crippen LogP contribution in [0.3, 0.4) is 0 Å². The van der Waals surface area contributed by atoms with Crippen molar-refractivity contribution in [2.24, 2.45) is 5.10 Å². The van der Waals surface area contributed by atoms with Crippen LogP contribution in [0.15, 0.2) is 23.3 Å². The Bertz CT molecular complexity index is 399. The van der Waals surface area contributed by atoms with Crippen LogP contribution in [0.25, 0.3) is 0 Å². The zero-order chi connectivity index (χ0) is 12.7. The molecule has 0 fully saturated rings. The van der Waals surface area contributed by atoms with Crippen molar-refractivity contribution in [3.63, 3.8) is 0 Å². The number of thiocarbonyl (C=S) groups is 1. The van der Waals surface area contributed by atoms with Crippen molar-refractivity contribution in [1.82, 2.24) is 5.43 Å². The summed E-state index contributed by atoms with van der Waals surface area (Å²) in [7, 11) is 3.19. The molecule has 0 spiro atoms. The Hall–Kier alpha value is -1.82. The fourth-order valence-corrected chi connectivity index (χ4v) is 1.33. The van der Waals surface area contributed by atoms with E-state index in [0.717, 1.165) is 5.69 Å². The van der Waals surface area contributed by atoms with E-state index in [1.54, 1.807) is 33.4 Å². The maximum absolute atomic E-state index is 5.15. The van der Waals surface area contributed by atoms with Gasteiger partial charge in [0, 0.05) is 30.1 Å². The number of ether oxygens (including phenoxy) is 2. The number of rotatable bonds is 4. The summed E-state index contributed by atoms with van der Waals surface area (Å²) in [6, 6.07) is 5.41. The summed E-state index contributed by atoms with van der Waals surface area (Å²) in [6.45, 7) is 1.80. The first-order valence-corrected chi connectivity index (χ1v) is 5.38. The quantitative estimate of drug-likeness (QED) is 0.488. The largest absolute Gasteiger partial charge is 0.497 e. The minimum atomic E-state index is 0.401. The molecule has 1 aromatic carbocycles. The van der Waals surface area contributed by atoms with Gasteiger partial charge in [0.2, 0.25) is 0 Å². The normalized spacial score (nSPS) is 10.1. The first-order chi connectivity index (χ1) is 8.19. The van der Waals surface area contributed by atoms with Gasteiger partial charge in [-0.2, -0.15) is 5.10 Å². The monoisotopic (exact) mass is 253 g/mol. The second-order valence-electron chi connectivity index (χ2n) is 3.05. The highest BCUT2D eigenvalue weighted by atomic mass is 32.1. The molecule has 0 aliphatic heterocycles. The molecule has 17 heavy (non-hydrogen) atoms. The summed E-state index contributed by atoms with van der Waals surface area (Å²) in [5, 5.41) is 7.19. The molecule has 0 radical (unpaired) electrons. The van der Waals surface area contributed by atoms with Gasteiger partial charge in [-0.3, -0.25) is 5.43 Å². The van der Waals surface area contributed by atoms with Crippen LogP contribution in [0.5, 0.6) is 11.5 Å². The third-order valence-electron chi connectivity index (χ3n) is 1.90. The zero-order valence-electron chi connectivity index (χ0n) is 9.98. The van der Waals surface area contributed by atoms with Gasteiger partial charge in [-0.05, 0) is 19.1 Å². The van der Waals surface area contributed by atoms with E-state index in [9.17, 15) is 0 Å². The molecule has 0 saturated heterocycles. The molecule has 2 N–H and O–H groups in total. The molecule has 0 bridgehead atoms. The molecule has 6 heteroatoms. The van der Waals surface area contributed by atoms with Crippen molar-refractivity contribution in [1.29, 1.82) is 0 Å². The van der Waals surface area contributed by atoms with Crippen LogP contribution in [0.2, 0.25) is 0 Å². The summed E-state index contributed by atoms with van der Waals surface area (Å²) >= 11 is 5.04. The Morgan fingerprint density at radius 2 is 1.82 bits per heavy atom. The molecule has 92 valence electrons. The van der Waals surface area contributed by atoms with Gasteiger partial charge in [-0.1, -0.05) is 0 Å². The lowest BCUT2D eigenvalue weighted by molar-refractivity contribution is 0.395. The van der Waals surface area contributed by atoms with Crippen molar-refractivity contribution < 1.29 is 9.47 Å². The molecule has 0 saturated carbocycles. The number of anilines is 1. The van der Waals surface area contributed by atoms with Crippen LogP contribution in [-0.2, 0) is 0 Å². The van der Waals surface area contributed by atoms with Crippen LogP contribution in [0.1, 0.15) is 6.92 Å². The molecule has 0 unspecified atom stereocenters. The second kappa shape index (κ2) is 6.70. The summed E-state index contributed by atoms with van der Waals surface area (Å²) in [5.74, 6) is 1.38. The second-order valence-corrected chi connectivity index (χ2v) is 3.46. The zero-order valence-corrected chi connectivity index (χ0v) is 10.8. The molecule has 0 heterocycles. The van der Waals surface area contributed by atoms with Gasteiger partial charge >= 0.3 is 0 Å². The van der Waals surface area contributed by atoms with Gasteiger partial charge in [-0.25, -0.2) is 0 Å². The number of hydrogen-bond acceptors (Lipinski definition) is 4. The fourth-order valence-electron chi connectivity index (χ4n) is 1.16. The minimum absolute atomic E-state index is 0.401. The standard InChI is InChI=1S/C11H15N3O2S/c1-4-12-14-11(17)13-8-5-9(15-2)7-10(6-8)16-3/h4-7H,1-3H3,(H2,13,14,17)/b12-4+. The minimum Gasteiger partial charge on any atom is -0.497 e. The molecule has 0 amide bonds. The lowest BCUT2D eigenvalue weighted by Crippen LogP contribution is -2.23. The fraction of sp³-hybridized carbons (Fsp3) is 0.273. The molecule has 5 nitrogen and oxygen atoms in total.